The lowest BCUT2D eigenvalue weighted by molar-refractivity contribution is -0.0339. The van der Waals surface area contributed by atoms with E-state index in [1.807, 2.05) is 6.07 Å². The topological polar surface area (TPSA) is 77.4 Å². The smallest absolute Gasteiger partial charge is 0.240 e. The van der Waals surface area contributed by atoms with Gasteiger partial charge in [0.05, 0.1) is 25.8 Å². The maximum absolute atomic E-state index is 13.3. The summed E-state index contributed by atoms with van der Waals surface area (Å²) in [6, 6.07) is 6.50. The Morgan fingerprint density at radius 3 is 3.10 bits per heavy atom. The Morgan fingerprint density at radius 1 is 1.43 bits per heavy atom. The Morgan fingerprint density at radius 2 is 2.33 bits per heavy atom. The molecule has 21 heavy (non-hydrogen) atoms. The normalized spacial score (nSPS) is 19.8. The number of ether oxygens (including phenoxy) is 1. The second-order valence-electron chi connectivity index (χ2n) is 4.96. The summed E-state index contributed by atoms with van der Waals surface area (Å²) in [5.74, 6) is 0.786. The second-order valence-corrected chi connectivity index (χ2v) is 4.96. The number of aromatic nitrogens is 2. The van der Waals surface area contributed by atoms with Gasteiger partial charge in [-0.25, -0.2) is 4.39 Å². The lowest BCUT2D eigenvalue weighted by Crippen LogP contribution is -2.38. The maximum Gasteiger partial charge on any atom is 0.240 e. The molecule has 1 aromatic carbocycles. The molecule has 1 aliphatic heterocycles. The van der Waals surface area contributed by atoms with Crippen LogP contribution in [0.4, 0.5) is 4.39 Å². The van der Waals surface area contributed by atoms with Gasteiger partial charge < -0.3 is 15.0 Å². The molecule has 0 aliphatic carbocycles. The molecule has 2 aromatic rings. The van der Waals surface area contributed by atoms with E-state index < -0.39 is 0 Å². The SMILES string of the molecule is NCc1nc(CN2CCOC(c3cccc(F)c3)C2)no1. The minimum Gasteiger partial charge on any atom is -0.371 e. The van der Waals surface area contributed by atoms with Crippen LogP contribution in [0.15, 0.2) is 28.8 Å². The van der Waals surface area contributed by atoms with Crippen LogP contribution in [0, 0.1) is 5.82 Å². The maximum atomic E-state index is 13.3. The lowest BCUT2D eigenvalue weighted by atomic mass is 10.1. The van der Waals surface area contributed by atoms with Crippen molar-refractivity contribution in [2.75, 3.05) is 19.7 Å². The molecule has 1 atom stereocenters. The van der Waals surface area contributed by atoms with Crippen molar-refractivity contribution in [3.8, 4) is 0 Å². The summed E-state index contributed by atoms with van der Waals surface area (Å²) in [5.41, 5.74) is 6.29. The fraction of sp³-hybridized carbons (Fsp3) is 0.429. The molecule has 0 saturated carbocycles. The van der Waals surface area contributed by atoms with E-state index in [0.717, 1.165) is 12.1 Å². The summed E-state index contributed by atoms with van der Waals surface area (Å²) >= 11 is 0. The van der Waals surface area contributed by atoms with Crippen molar-refractivity contribution >= 4 is 0 Å². The van der Waals surface area contributed by atoms with Crippen LogP contribution in [-0.2, 0) is 17.8 Å². The molecule has 1 unspecified atom stereocenters. The van der Waals surface area contributed by atoms with E-state index in [1.54, 1.807) is 6.07 Å². The molecular formula is C14H17FN4O2. The summed E-state index contributed by atoms with van der Waals surface area (Å²) in [7, 11) is 0. The Balaban J connectivity index is 1.65. The number of nitrogens with two attached hydrogens (primary N) is 1. The zero-order chi connectivity index (χ0) is 14.7. The van der Waals surface area contributed by atoms with Gasteiger partial charge in [-0.15, -0.1) is 0 Å². The summed E-state index contributed by atoms with van der Waals surface area (Å²) in [5, 5.41) is 3.88. The van der Waals surface area contributed by atoms with Crippen molar-refractivity contribution in [1.29, 1.82) is 0 Å². The van der Waals surface area contributed by atoms with E-state index in [2.05, 4.69) is 15.0 Å². The first kappa shape index (κ1) is 14.1. The van der Waals surface area contributed by atoms with Gasteiger partial charge in [-0.1, -0.05) is 17.3 Å². The van der Waals surface area contributed by atoms with Crippen molar-refractivity contribution < 1.29 is 13.7 Å². The van der Waals surface area contributed by atoms with E-state index in [0.29, 0.717) is 31.4 Å². The average molecular weight is 292 g/mol. The quantitative estimate of drug-likeness (QED) is 0.913. The lowest BCUT2D eigenvalue weighted by Gasteiger charge is -2.32. The van der Waals surface area contributed by atoms with Crippen molar-refractivity contribution in [2.24, 2.45) is 5.73 Å². The van der Waals surface area contributed by atoms with Gasteiger partial charge in [-0.05, 0) is 17.7 Å². The summed E-state index contributed by atoms with van der Waals surface area (Å²) in [6.07, 6.45) is -0.143. The van der Waals surface area contributed by atoms with Gasteiger partial charge in [0.2, 0.25) is 5.89 Å². The number of hydrogen-bond acceptors (Lipinski definition) is 6. The van der Waals surface area contributed by atoms with Crippen LogP contribution < -0.4 is 5.73 Å². The molecule has 2 N–H and O–H groups in total. The minimum atomic E-state index is -0.251. The third-order valence-corrected chi connectivity index (χ3v) is 3.42. The highest BCUT2D eigenvalue weighted by Gasteiger charge is 2.23. The molecule has 112 valence electrons. The molecule has 2 heterocycles. The fourth-order valence-electron chi connectivity index (χ4n) is 2.39. The molecule has 7 heteroatoms. The molecule has 0 bridgehead atoms. The predicted octanol–water partition coefficient (Wildman–Crippen LogP) is 1.24. The first-order valence-corrected chi connectivity index (χ1v) is 6.85. The summed E-state index contributed by atoms with van der Waals surface area (Å²) < 4.78 is 24.0. The molecule has 1 saturated heterocycles. The average Bonchev–Trinajstić information content (AvgIpc) is 2.95. The summed E-state index contributed by atoms with van der Waals surface area (Å²) in [6.45, 7) is 2.83. The van der Waals surface area contributed by atoms with Crippen LogP contribution >= 0.6 is 0 Å². The Labute approximate surface area is 121 Å². The van der Waals surface area contributed by atoms with Crippen LogP contribution in [0.25, 0.3) is 0 Å². The van der Waals surface area contributed by atoms with Crippen LogP contribution in [0.1, 0.15) is 23.4 Å². The van der Waals surface area contributed by atoms with Gasteiger partial charge in [0.15, 0.2) is 5.82 Å². The van der Waals surface area contributed by atoms with Gasteiger partial charge in [0, 0.05) is 13.1 Å². The van der Waals surface area contributed by atoms with Crippen molar-refractivity contribution in [2.45, 2.75) is 19.2 Å². The highest BCUT2D eigenvalue weighted by molar-refractivity contribution is 5.19. The largest absolute Gasteiger partial charge is 0.371 e. The van der Waals surface area contributed by atoms with Crippen molar-refractivity contribution in [3.05, 3.63) is 47.4 Å². The van der Waals surface area contributed by atoms with Crippen molar-refractivity contribution in [1.82, 2.24) is 15.0 Å². The van der Waals surface area contributed by atoms with E-state index in [4.69, 9.17) is 15.0 Å². The highest BCUT2D eigenvalue weighted by Crippen LogP contribution is 2.23. The van der Waals surface area contributed by atoms with E-state index in [1.165, 1.54) is 12.1 Å². The molecule has 1 aliphatic rings. The van der Waals surface area contributed by atoms with Crippen LogP contribution in [0.5, 0.6) is 0 Å². The standard InChI is InChI=1S/C14H17FN4O2/c15-11-3-1-2-10(6-11)12-8-19(4-5-20-12)9-13-17-14(7-16)21-18-13/h1-3,6,12H,4-5,7-9,16H2. The first-order valence-electron chi connectivity index (χ1n) is 6.85. The first-order chi connectivity index (χ1) is 10.2. The highest BCUT2D eigenvalue weighted by atomic mass is 19.1. The number of nitrogens with zero attached hydrogens (tertiary/aromatic N) is 3. The zero-order valence-corrected chi connectivity index (χ0v) is 11.5. The molecule has 0 amide bonds. The molecule has 0 radical (unpaired) electrons. The second kappa shape index (κ2) is 6.30. The third-order valence-electron chi connectivity index (χ3n) is 3.42. The molecule has 0 spiro atoms. The molecular weight excluding hydrogens is 275 g/mol. The van der Waals surface area contributed by atoms with Gasteiger partial charge >= 0.3 is 0 Å². The van der Waals surface area contributed by atoms with Gasteiger partial charge in [-0.2, -0.15) is 4.98 Å². The van der Waals surface area contributed by atoms with E-state index >= 15 is 0 Å². The number of rotatable bonds is 4. The molecule has 3 rings (SSSR count). The number of benzene rings is 1. The Bertz CT molecular complexity index is 604. The van der Waals surface area contributed by atoms with Crippen LogP contribution in [-0.4, -0.2) is 34.7 Å². The van der Waals surface area contributed by atoms with Gasteiger partial charge in [-0.3, -0.25) is 4.90 Å². The van der Waals surface area contributed by atoms with E-state index in [9.17, 15) is 4.39 Å². The molecule has 1 fully saturated rings. The van der Waals surface area contributed by atoms with E-state index in [-0.39, 0.29) is 18.5 Å². The molecule has 1 aromatic heterocycles. The predicted molar refractivity (Wildman–Crippen MR) is 72.6 cm³/mol. The van der Waals surface area contributed by atoms with Crippen LogP contribution in [0.3, 0.4) is 0 Å². The number of halogens is 1. The van der Waals surface area contributed by atoms with Gasteiger partial charge in [0.1, 0.15) is 5.82 Å². The van der Waals surface area contributed by atoms with Crippen LogP contribution in [0.2, 0.25) is 0 Å². The zero-order valence-electron chi connectivity index (χ0n) is 11.5. The minimum absolute atomic E-state index is 0.143. The fourth-order valence-corrected chi connectivity index (χ4v) is 2.39. The Hall–Kier alpha value is -1.83. The summed E-state index contributed by atoms with van der Waals surface area (Å²) in [4.78, 5) is 6.35. The monoisotopic (exact) mass is 292 g/mol. The number of hydrogen-bond donors (Lipinski definition) is 1. The van der Waals surface area contributed by atoms with Gasteiger partial charge in [0.25, 0.3) is 0 Å². The molecule has 6 nitrogen and oxygen atoms in total. The van der Waals surface area contributed by atoms with Crippen molar-refractivity contribution in [3.63, 3.8) is 0 Å². The number of morpholine rings is 1. The third kappa shape index (κ3) is 3.44. The Kier molecular flexibility index (Phi) is 4.23.